The second kappa shape index (κ2) is 4.77. The second-order valence-electron chi connectivity index (χ2n) is 3.06. The van der Waals surface area contributed by atoms with Crippen LogP contribution in [0.1, 0.15) is 0 Å². The van der Waals surface area contributed by atoms with E-state index in [2.05, 4.69) is 11.1 Å². The summed E-state index contributed by atoms with van der Waals surface area (Å²) in [7, 11) is -2.20. The van der Waals surface area contributed by atoms with Crippen molar-refractivity contribution in [2.45, 2.75) is 0 Å². The van der Waals surface area contributed by atoms with E-state index in [1.165, 1.54) is 0 Å². The van der Waals surface area contributed by atoms with Gasteiger partial charge >= 0.3 is 8.25 Å². The summed E-state index contributed by atoms with van der Waals surface area (Å²) in [4.78, 5) is 0. The van der Waals surface area contributed by atoms with Crippen molar-refractivity contribution < 1.29 is 13.6 Å². The maximum absolute atomic E-state index is 11.3. The highest BCUT2D eigenvalue weighted by Gasteiger charge is 2.21. The lowest BCUT2D eigenvalue weighted by Gasteiger charge is -1.99. The third-order valence-electron chi connectivity index (χ3n) is 2.08. The van der Waals surface area contributed by atoms with E-state index in [4.69, 9.17) is 4.52 Å². The molecule has 0 bridgehead atoms. The molecule has 0 heterocycles. The van der Waals surface area contributed by atoms with Crippen molar-refractivity contribution >= 4 is 19.0 Å². The van der Waals surface area contributed by atoms with Gasteiger partial charge in [0.05, 0.1) is 0 Å². The van der Waals surface area contributed by atoms with E-state index in [0.29, 0.717) is 5.75 Å². The largest absolute Gasteiger partial charge is 0.804 e. The highest BCUT2D eigenvalue weighted by molar-refractivity contribution is 7.33. The van der Waals surface area contributed by atoms with Crippen LogP contribution in [0.25, 0.3) is 10.8 Å². The Balaban J connectivity index is 2.37. The molecule has 1 unspecified atom stereocenters. The van der Waals surface area contributed by atoms with Gasteiger partial charge in [0.2, 0.25) is 0 Å². The molecule has 0 saturated heterocycles. The van der Waals surface area contributed by atoms with E-state index in [9.17, 15) is 4.57 Å². The van der Waals surface area contributed by atoms with Crippen molar-refractivity contribution in [2.75, 3.05) is 0 Å². The summed E-state index contributed by atoms with van der Waals surface area (Å²) in [5.74, 6) is 0.543. The van der Waals surface area contributed by atoms with Crippen LogP contribution in [-0.4, -0.2) is 0 Å². The molecule has 2 rings (SSSR count). The third kappa shape index (κ3) is 2.20. The summed E-state index contributed by atoms with van der Waals surface area (Å²) >= 11 is 0. The van der Waals surface area contributed by atoms with Crippen LogP contribution in [0.2, 0.25) is 0 Å². The minimum atomic E-state index is -2.20. The first-order valence-corrected chi connectivity index (χ1v) is 5.81. The molecule has 0 fully saturated rings. The average Bonchev–Trinajstić information content (AvgIpc) is 2.30. The maximum Gasteiger partial charge on any atom is 0.804 e. The molecule has 0 amide bonds. The number of hydrogen-bond donors (Lipinski definition) is 0. The molecule has 2 aromatic carbocycles. The number of hydrogen-bond acceptors (Lipinski definition) is 3. The molecule has 0 aromatic heterocycles. The molecule has 16 heavy (non-hydrogen) atoms. The van der Waals surface area contributed by atoms with Crippen LogP contribution in [0.15, 0.2) is 55.3 Å². The van der Waals surface area contributed by atoms with Crippen LogP contribution in [0, 0.1) is 0 Å². The fraction of sp³-hybridized carbons (Fsp3) is 0. The highest BCUT2D eigenvalue weighted by atomic mass is 31.1. The molecule has 0 aliphatic heterocycles. The van der Waals surface area contributed by atoms with Crippen molar-refractivity contribution in [1.29, 1.82) is 0 Å². The standard InChI is InChI=1S/C12H10O3P/c1-2-14-16(13)15-12-9-5-7-10-6-3-4-8-11(10)12/h2-9H,1H2/q+1. The number of rotatable bonds is 4. The van der Waals surface area contributed by atoms with E-state index in [1.54, 1.807) is 6.07 Å². The molecule has 0 spiro atoms. The lowest BCUT2D eigenvalue weighted by Crippen LogP contribution is -1.83. The van der Waals surface area contributed by atoms with Gasteiger partial charge in [-0.1, -0.05) is 43.0 Å². The van der Waals surface area contributed by atoms with E-state index >= 15 is 0 Å². The quantitative estimate of drug-likeness (QED) is 0.590. The fourth-order valence-corrected chi connectivity index (χ4v) is 1.92. The Kier molecular flexibility index (Phi) is 3.18. The average molecular weight is 233 g/mol. The topological polar surface area (TPSA) is 35.5 Å². The van der Waals surface area contributed by atoms with Gasteiger partial charge in [-0.05, 0) is 11.5 Å². The van der Waals surface area contributed by atoms with Gasteiger partial charge in [0.15, 0.2) is 5.75 Å². The molecule has 1 atom stereocenters. The summed E-state index contributed by atoms with van der Waals surface area (Å²) in [5.41, 5.74) is 0. The smallest absolute Gasteiger partial charge is 0.231 e. The molecule has 0 saturated carbocycles. The van der Waals surface area contributed by atoms with Gasteiger partial charge in [-0.3, -0.25) is 0 Å². The zero-order valence-corrected chi connectivity index (χ0v) is 9.39. The summed E-state index contributed by atoms with van der Waals surface area (Å²) in [5, 5.41) is 1.93. The molecule has 0 radical (unpaired) electrons. The zero-order valence-electron chi connectivity index (χ0n) is 8.50. The lowest BCUT2D eigenvalue weighted by molar-refractivity contribution is 0.386. The zero-order chi connectivity index (χ0) is 11.4. The maximum atomic E-state index is 11.3. The van der Waals surface area contributed by atoms with Crippen LogP contribution in [0.4, 0.5) is 0 Å². The van der Waals surface area contributed by atoms with Crippen molar-refractivity contribution in [3.8, 4) is 5.75 Å². The minimum absolute atomic E-state index is 0.543. The fourth-order valence-electron chi connectivity index (χ4n) is 1.44. The molecule has 2 aromatic rings. The second-order valence-corrected chi connectivity index (χ2v) is 3.90. The summed E-state index contributed by atoms with van der Waals surface area (Å²) in [6, 6.07) is 13.3. The first-order chi connectivity index (χ1) is 7.81. The molecule has 0 N–H and O–H groups in total. The van der Waals surface area contributed by atoms with Crippen molar-refractivity contribution in [1.82, 2.24) is 0 Å². The molecular formula is C12H10O3P+. The minimum Gasteiger partial charge on any atom is -0.231 e. The van der Waals surface area contributed by atoms with Gasteiger partial charge in [0.25, 0.3) is 0 Å². The van der Waals surface area contributed by atoms with E-state index in [0.717, 1.165) is 17.0 Å². The Morgan fingerprint density at radius 1 is 1.12 bits per heavy atom. The summed E-state index contributed by atoms with van der Waals surface area (Å²) in [6.45, 7) is 3.32. The number of benzene rings is 2. The van der Waals surface area contributed by atoms with E-state index in [-0.39, 0.29) is 0 Å². The Labute approximate surface area is 94.3 Å². The van der Waals surface area contributed by atoms with Crippen LogP contribution in [0.3, 0.4) is 0 Å². The normalized spacial score (nSPS) is 10.9. The Bertz CT molecular complexity index is 531. The van der Waals surface area contributed by atoms with Crippen LogP contribution < -0.4 is 4.52 Å². The van der Waals surface area contributed by atoms with Gasteiger partial charge in [0.1, 0.15) is 6.26 Å². The highest BCUT2D eigenvalue weighted by Crippen LogP contribution is 2.33. The Morgan fingerprint density at radius 3 is 2.69 bits per heavy atom. The van der Waals surface area contributed by atoms with Gasteiger partial charge in [-0.15, -0.1) is 0 Å². The predicted octanol–water partition coefficient (Wildman–Crippen LogP) is 4.04. The molecule has 4 heteroatoms. The lowest BCUT2D eigenvalue weighted by atomic mass is 10.1. The number of fused-ring (bicyclic) bond motifs is 1. The molecule has 0 aliphatic rings. The van der Waals surface area contributed by atoms with Crippen molar-refractivity contribution in [2.24, 2.45) is 0 Å². The molecule has 80 valence electrons. The Hall–Kier alpha value is -1.86. The first-order valence-electron chi connectivity index (χ1n) is 4.72. The van der Waals surface area contributed by atoms with Crippen LogP contribution in [0.5, 0.6) is 5.75 Å². The summed E-state index contributed by atoms with van der Waals surface area (Å²) < 4.78 is 21.1. The Morgan fingerprint density at radius 2 is 1.88 bits per heavy atom. The SMILES string of the molecule is C=CO[P+](=O)Oc1cccc2ccccc12. The third-order valence-corrected chi connectivity index (χ3v) is 2.75. The van der Waals surface area contributed by atoms with Crippen LogP contribution in [-0.2, 0) is 9.09 Å². The van der Waals surface area contributed by atoms with Gasteiger partial charge in [-0.25, -0.2) is 9.05 Å². The monoisotopic (exact) mass is 233 g/mol. The van der Waals surface area contributed by atoms with Gasteiger partial charge < -0.3 is 0 Å². The molecular weight excluding hydrogens is 223 g/mol. The molecule has 3 nitrogen and oxygen atoms in total. The summed E-state index contributed by atoms with van der Waals surface area (Å²) in [6.07, 6.45) is 1.10. The van der Waals surface area contributed by atoms with E-state index in [1.807, 2.05) is 36.4 Å². The molecule has 0 aliphatic carbocycles. The first kappa shape index (κ1) is 10.7. The van der Waals surface area contributed by atoms with E-state index < -0.39 is 8.25 Å². The van der Waals surface area contributed by atoms with Crippen molar-refractivity contribution in [3.05, 3.63) is 55.3 Å². The van der Waals surface area contributed by atoms with Gasteiger partial charge in [0, 0.05) is 9.95 Å². The predicted molar refractivity (Wildman–Crippen MR) is 63.5 cm³/mol. The van der Waals surface area contributed by atoms with Gasteiger partial charge in [-0.2, -0.15) is 0 Å². The van der Waals surface area contributed by atoms with Crippen LogP contribution >= 0.6 is 8.25 Å². The van der Waals surface area contributed by atoms with Crippen molar-refractivity contribution in [3.63, 3.8) is 0 Å².